The standard InChI is InChI=1S/C10H13NS/c1-7-4-8-2-3-10(12)5-9(8)6-11-7/h2-3,5,7,11-12H,4,6H2,1H3. The molecule has 0 radical (unpaired) electrons. The average molecular weight is 179 g/mol. The molecular weight excluding hydrogens is 166 g/mol. The highest BCUT2D eigenvalue weighted by Gasteiger charge is 2.13. The van der Waals surface area contributed by atoms with Gasteiger partial charge in [-0.2, -0.15) is 0 Å². The summed E-state index contributed by atoms with van der Waals surface area (Å²) in [6.07, 6.45) is 1.14. The van der Waals surface area contributed by atoms with Crippen molar-refractivity contribution in [2.24, 2.45) is 0 Å². The maximum absolute atomic E-state index is 4.31. The van der Waals surface area contributed by atoms with Crippen LogP contribution in [0.15, 0.2) is 23.1 Å². The SMILES string of the molecule is CC1Cc2ccc(S)cc2CN1. The maximum Gasteiger partial charge on any atom is 0.0211 e. The third-order valence-electron chi connectivity index (χ3n) is 2.36. The van der Waals surface area contributed by atoms with Crippen molar-refractivity contribution in [3.05, 3.63) is 29.3 Å². The molecule has 1 aliphatic rings. The number of rotatable bonds is 0. The quantitative estimate of drug-likeness (QED) is 0.581. The molecule has 0 saturated heterocycles. The Morgan fingerprint density at radius 3 is 3.08 bits per heavy atom. The van der Waals surface area contributed by atoms with E-state index >= 15 is 0 Å². The van der Waals surface area contributed by atoms with Gasteiger partial charge in [-0.3, -0.25) is 0 Å². The van der Waals surface area contributed by atoms with E-state index in [1.807, 2.05) is 0 Å². The van der Waals surface area contributed by atoms with Crippen LogP contribution in [0.4, 0.5) is 0 Å². The van der Waals surface area contributed by atoms with Crippen molar-refractivity contribution in [3.8, 4) is 0 Å². The Balaban J connectivity index is 2.37. The lowest BCUT2D eigenvalue weighted by Gasteiger charge is -2.23. The van der Waals surface area contributed by atoms with E-state index in [1.165, 1.54) is 11.1 Å². The Labute approximate surface area is 78.6 Å². The minimum Gasteiger partial charge on any atom is -0.310 e. The van der Waals surface area contributed by atoms with Crippen LogP contribution in [0.2, 0.25) is 0 Å². The highest BCUT2D eigenvalue weighted by Crippen LogP contribution is 2.19. The molecule has 1 N–H and O–H groups in total. The first kappa shape index (κ1) is 8.14. The molecule has 1 heterocycles. The van der Waals surface area contributed by atoms with Gasteiger partial charge in [0.15, 0.2) is 0 Å². The first-order chi connectivity index (χ1) is 5.75. The summed E-state index contributed by atoms with van der Waals surface area (Å²) in [6, 6.07) is 7.02. The number of fused-ring (bicyclic) bond motifs is 1. The van der Waals surface area contributed by atoms with Gasteiger partial charge in [0, 0.05) is 17.5 Å². The molecule has 0 fully saturated rings. The molecule has 1 unspecified atom stereocenters. The van der Waals surface area contributed by atoms with E-state index in [-0.39, 0.29) is 0 Å². The van der Waals surface area contributed by atoms with Crippen LogP contribution in [-0.4, -0.2) is 6.04 Å². The molecule has 64 valence electrons. The molecule has 2 rings (SSSR count). The molecule has 0 aliphatic carbocycles. The van der Waals surface area contributed by atoms with Crippen LogP contribution in [0, 0.1) is 0 Å². The van der Waals surface area contributed by atoms with Crippen LogP contribution in [0.5, 0.6) is 0 Å². The highest BCUT2D eigenvalue weighted by molar-refractivity contribution is 7.80. The fraction of sp³-hybridized carbons (Fsp3) is 0.400. The van der Waals surface area contributed by atoms with Gasteiger partial charge >= 0.3 is 0 Å². The fourth-order valence-corrected chi connectivity index (χ4v) is 1.89. The average Bonchev–Trinajstić information content (AvgIpc) is 2.05. The lowest BCUT2D eigenvalue weighted by Crippen LogP contribution is -2.32. The summed E-state index contributed by atoms with van der Waals surface area (Å²) in [5, 5.41) is 3.43. The Kier molecular flexibility index (Phi) is 2.11. The largest absolute Gasteiger partial charge is 0.310 e. The van der Waals surface area contributed by atoms with Gasteiger partial charge in [0.1, 0.15) is 0 Å². The van der Waals surface area contributed by atoms with Crippen LogP contribution in [0.3, 0.4) is 0 Å². The lowest BCUT2D eigenvalue weighted by molar-refractivity contribution is 0.513. The molecule has 12 heavy (non-hydrogen) atoms. The van der Waals surface area contributed by atoms with E-state index in [0.29, 0.717) is 6.04 Å². The summed E-state index contributed by atoms with van der Waals surface area (Å²) >= 11 is 4.31. The third-order valence-corrected chi connectivity index (χ3v) is 2.64. The van der Waals surface area contributed by atoms with Gasteiger partial charge in [0.2, 0.25) is 0 Å². The van der Waals surface area contributed by atoms with Crippen molar-refractivity contribution >= 4 is 12.6 Å². The minimum atomic E-state index is 0.614. The van der Waals surface area contributed by atoms with Gasteiger partial charge in [0.05, 0.1) is 0 Å². The number of hydrogen-bond donors (Lipinski definition) is 2. The summed E-state index contributed by atoms with van der Waals surface area (Å²) in [5.74, 6) is 0. The lowest BCUT2D eigenvalue weighted by atomic mass is 9.97. The van der Waals surface area contributed by atoms with E-state index in [2.05, 4.69) is 43.1 Å². The van der Waals surface area contributed by atoms with Crippen molar-refractivity contribution in [2.45, 2.75) is 30.8 Å². The Morgan fingerprint density at radius 2 is 2.25 bits per heavy atom. The van der Waals surface area contributed by atoms with Gasteiger partial charge in [-0.05, 0) is 36.6 Å². The summed E-state index contributed by atoms with van der Waals surface area (Å²) < 4.78 is 0. The molecular formula is C10H13NS. The number of hydrogen-bond acceptors (Lipinski definition) is 2. The van der Waals surface area contributed by atoms with E-state index < -0.39 is 0 Å². The van der Waals surface area contributed by atoms with E-state index in [0.717, 1.165) is 17.9 Å². The molecule has 1 aliphatic heterocycles. The van der Waals surface area contributed by atoms with Crippen molar-refractivity contribution in [2.75, 3.05) is 0 Å². The number of nitrogens with one attached hydrogen (secondary N) is 1. The topological polar surface area (TPSA) is 12.0 Å². The first-order valence-corrected chi connectivity index (χ1v) is 4.74. The molecule has 0 aromatic heterocycles. The van der Waals surface area contributed by atoms with Gasteiger partial charge in [-0.1, -0.05) is 6.07 Å². The van der Waals surface area contributed by atoms with Crippen LogP contribution >= 0.6 is 12.6 Å². The zero-order chi connectivity index (χ0) is 8.55. The zero-order valence-corrected chi connectivity index (χ0v) is 8.07. The zero-order valence-electron chi connectivity index (χ0n) is 7.17. The smallest absolute Gasteiger partial charge is 0.0211 e. The van der Waals surface area contributed by atoms with Crippen molar-refractivity contribution in [1.82, 2.24) is 5.32 Å². The number of benzene rings is 1. The van der Waals surface area contributed by atoms with Crippen LogP contribution in [0.1, 0.15) is 18.1 Å². The molecule has 0 spiro atoms. The Bertz CT molecular complexity index is 296. The summed E-state index contributed by atoms with van der Waals surface area (Å²) in [7, 11) is 0. The van der Waals surface area contributed by atoms with E-state index in [1.54, 1.807) is 0 Å². The second-order valence-corrected chi connectivity index (χ2v) is 3.96. The van der Waals surface area contributed by atoms with Crippen LogP contribution < -0.4 is 5.32 Å². The summed E-state index contributed by atoms with van der Waals surface area (Å²) in [6.45, 7) is 3.21. The van der Waals surface area contributed by atoms with Gasteiger partial charge in [-0.15, -0.1) is 12.6 Å². The van der Waals surface area contributed by atoms with Crippen LogP contribution in [-0.2, 0) is 13.0 Å². The minimum absolute atomic E-state index is 0.614. The molecule has 0 amide bonds. The molecule has 1 nitrogen and oxygen atoms in total. The third kappa shape index (κ3) is 1.50. The van der Waals surface area contributed by atoms with E-state index in [9.17, 15) is 0 Å². The second-order valence-electron chi connectivity index (χ2n) is 3.44. The molecule has 1 atom stereocenters. The van der Waals surface area contributed by atoms with Crippen LogP contribution in [0.25, 0.3) is 0 Å². The van der Waals surface area contributed by atoms with Gasteiger partial charge in [0.25, 0.3) is 0 Å². The normalized spacial score (nSPS) is 22.0. The summed E-state index contributed by atoms with van der Waals surface area (Å²) in [4.78, 5) is 1.06. The predicted molar refractivity (Wildman–Crippen MR) is 53.7 cm³/mol. The van der Waals surface area contributed by atoms with Crippen molar-refractivity contribution in [3.63, 3.8) is 0 Å². The molecule has 0 bridgehead atoms. The number of thiol groups is 1. The van der Waals surface area contributed by atoms with Gasteiger partial charge < -0.3 is 5.32 Å². The molecule has 1 aromatic carbocycles. The first-order valence-electron chi connectivity index (χ1n) is 4.30. The Morgan fingerprint density at radius 1 is 1.42 bits per heavy atom. The summed E-state index contributed by atoms with van der Waals surface area (Å²) in [5.41, 5.74) is 2.87. The highest BCUT2D eigenvalue weighted by atomic mass is 32.1. The molecule has 1 aromatic rings. The fourth-order valence-electron chi connectivity index (χ4n) is 1.66. The molecule has 2 heteroatoms. The monoisotopic (exact) mass is 179 g/mol. The Hall–Kier alpha value is -0.470. The van der Waals surface area contributed by atoms with Crippen molar-refractivity contribution < 1.29 is 0 Å². The predicted octanol–water partition coefficient (Wildman–Crippen LogP) is 2.01. The van der Waals surface area contributed by atoms with E-state index in [4.69, 9.17) is 0 Å². The second kappa shape index (κ2) is 3.11. The molecule has 0 saturated carbocycles. The van der Waals surface area contributed by atoms with Gasteiger partial charge in [-0.25, -0.2) is 0 Å². The maximum atomic E-state index is 4.31. The van der Waals surface area contributed by atoms with Crippen molar-refractivity contribution in [1.29, 1.82) is 0 Å².